The van der Waals surface area contributed by atoms with Gasteiger partial charge in [0.25, 0.3) is 5.79 Å². The fourth-order valence-corrected chi connectivity index (χ4v) is 5.99. The zero-order valence-corrected chi connectivity index (χ0v) is 23.9. The molecule has 42 heavy (non-hydrogen) atoms. The number of aliphatic carboxylic acids is 1. The molecule has 2 aliphatic heterocycles. The van der Waals surface area contributed by atoms with Gasteiger partial charge in [-0.25, -0.2) is 14.2 Å². The number of nitrogens with zero attached hydrogens (tertiary/aromatic N) is 3. The zero-order valence-electron chi connectivity index (χ0n) is 23.2. The van der Waals surface area contributed by atoms with Gasteiger partial charge in [-0.1, -0.05) is 54.1 Å². The quantitative estimate of drug-likeness (QED) is 0.227. The number of ether oxygens (including phenoxy) is 2. The van der Waals surface area contributed by atoms with E-state index in [0.29, 0.717) is 35.2 Å². The lowest BCUT2D eigenvalue weighted by molar-refractivity contribution is -0.131. The van der Waals surface area contributed by atoms with Crippen LogP contribution in [0.15, 0.2) is 79.0 Å². The average Bonchev–Trinajstić information content (AvgIpc) is 3.52. The van der Waals surface area contributed by atoms with Crippen LogP contribution in [0.2, 0.25) is 5.02 Å². The number of para-hydroxylation sites is 1. The standard InChI is InChI=1S/C33H31ClFN3O4/c1-33(27-12-10-24(34)18-28(27)35)41-29-9-5-8-26(32(29)42-33)23-14-16-37(17-15-23)21-30-36-19-25(11-13-31(39)40)38(30)20-22-6-3-2-4-7-22/h2-13,18-19,23H,14-17,20-21H2,1H3,(H,39,40)/b13-11+. The molecule has 3 aromatic carbocycles. The Balaban J connectivity index is 1.16. The van der Waals surface area contributed by atoms with Gasteiger partial charge in [-0.2, -0.15) is 0 Å². The van der Waals surface area contributed by atoms with Crippen molar-refractivity contribution in [2.75, 3.05) is 13.1 Å². The number of carboxylic acids is 1. The van der Waals surface area contributed by atoms with Crippen molar-refractivity contribution in [1.29, 1.82) is 0 Å². The topological polar surface area (TPSA) is 76.8 Å². The van der Waals surface area contributed by atoms with E-state index < -0.39 is 17.6 Å². The third kappa shape index (κ3) is 5.78. The van der Waals surface area contributed by atoms with Crippen LogP contribution in [0.4, 0.5) is 4.39 Å². The molecule has 1 fully saturated rings. The summed E-state index contributed by atoms with van der Waals surface area (Å²) in [6.45, 7) is 4.70. The molecule has 3 heterocycles. The number of likely N-dealkylation sites (tertiary alicyclic amines) is 1. The molecule has 1 saturated heterocycles. The first-order valence-corrected chi connectivity index (χ1v) is 14.3. The third-order valence-electron chi connectivity index (χ3n) is 7.97. The number of imidazole rings is 1. The molecule has 7 nitrogen and oxygen atoms in total. The largest absolute Gasteiger partial charge is 0.478 e. The molecular weight excluding hydrogens is 557 g/mol. The van der Waals surface area contributed by atoms with E-state index in [4.69, 9.17) is 26.2 Å². The number of benzene rings is 3. The van der Waals surface area contributed by atoms with Crippen LogP contribution in [-0.4, -0.2) is 38.6 Å². The van der Waals surface area contributed by atoms with Gasteiger partial charge < -0.3 is 19.1 Å². The van der Waals surface area contributed by atoms with Crippen LogP contribution in [0.25, 0.3) is 6.08 Å². The Morgan fingerprint density at radius 3 is 2.62 bits per heavy atom. The number of hydrogen-bond acceptors (Lipinski definition) is 5. The first-order valence-electron chi connectivity index (χ1n) is 14.0. The Bertz CT molecular complexity index is 1630. The molecule has 0 amide bonds. The van der Waals surface area contributed by atoms with Crippen molar-refractivity contribution in [2.24, 2.45) is 0 Å². The fourth-order valence-electron chi connectivity index (χ4n) is 5.83. The summed E-state index contributed by atoms with van der Waals surface area (Å²) in [6, 6.07) is 20.5. The summed E-state index contributed by atoms with van der Waals surface area (Å²) in [4.78, 5) is 18.2. The smallest absolute Gasteiger partial charge is 0.328 e. The fraction of sp³-hybridized carbons (Fsp3) is 0.273. The molecule has 4 aromatic rings. The summed E-state index contributed by atoms with van der Waals surface area (Å²) in [6.07, 6.45) is 6.30. The van der Waals surface area contributed by atoms with Gasteiger partial charge in [-0.3, -0.25) is 4.90 Å². The highest BCUT2D eigenvalue weighted by molar-refractivity contribution is 6.30. The second-order valence-corrected chi connectivity index (χ2v) is 11.3. The van der Waals surface area contributed by atoms with Crippen LogP contribution in [0.1, 0.15) is 53.9 Å². The van der Waals surface area contributed by atoms with E-state index in [1.807, 2.05) is 30.3 Å². The molecule has 216 valence electrons. The first-order chi connectivity index (χ1) is 20.3. The van der Waals surface area contributed by atoms with E-state index >= 15 is 0 Å². The van der Waals surface area contributed by atoms with Gasteiger partial charge in [0.05, 0.1) is 24.0 Å². The Kier molecular flexibility index (Phi) is 7.75. The van der Waals surface area contributed by atoms with Crippen molar-refractivity contribution in [2.45, 2.75) is 44.6 Å². The highest BCUT2D eigenvalue weighted by Gasteiger charge is 2.43. The van der Waals surface area contributed by atoms with E-state index in [1.54, 1.807) is 31.3 Å². The van der Waals surface area contributed by atoms with Crippen LogP contribution >= 0.6 is 11.6 Å². The summed E-state index contributed by atoms with van der Waals surface area (Å²) < 4.78 is 29.4. The van der Waals surface area contributed by atoms with Crippen LogP contribution in [0, 0.1) is 5.82 Å². The van der Waals surface area contributed by atoms with Crippen molar-refractivity contribution in [3.63, 3.8) is 0 Å². The first kappa shape index (κ1) is 28.0. The van der Waals surface area contributed by atoms with Crippen molar-refractivity contribution >= 4 is 23.6 Å². The number of carboxylic acid groups (broad SMARTS) is 1. The van der Waals surface area contributed by atoms with Crippen LogP contribution < -0.4 is 9.47 Å². The van der Waals surface area contributed by atoms with E-state index in [-0.39, 0.29) is 5.92 Å². The van der Waals surface area contributed by atoms with Crippen LogP contribution in [-0.2, 0) is 23.7 Å². The van der Waals surface area contributed by atoms with Crippen molar-refractivity contribution in [3.8, 4) is 11.5 Å². The molecule has 6 rings (SSSR count). The molecule has 1 N–H and O–H groups in total. The minimum Gasteiger partial charge on any atom is -0.478 e. The average molecular weight is 588 g/mol. The molecule has 0 spiro atoms. The lowest BCUT2D eigenvalue weighted by Gasteiger charge is -2.32. The number of hydrogen-bond donors (Lipinski definition) is 1. The molecule has 0 radical (unpaired) electrons. The molecule has 9 heteroatoms. The minimum atomic E-state index is -1.28. The summed E-state index contributed by atoms with van der Waals surface area (Å²) in [5.74, 6) is -0.323. The number of rotatable bonds is 8. The predicted molar refractivity (Wildman–Crippen MR) is 158 cm³/mol. The Morgan fingerprint density at radius 1 is 1.10 bits per heavy atom. The Hall–Kier alpha value is -4.14. The second kappa shape index (κ2) is 11.6. The van der Waals surface area contributed by atoms with Gasteiger partial charge in [-0.15, -0.1) is 0 Å². The summed E-state index contributed by atoms with van der Waals surface area (Å²) in [7, 11) is 0. The summed E-state index contributed by atoms with van der Waals surface area (Å²) in [5, 5.41) is 9.46. The van der Waals surface area contributed by atoms with Gasteiger partial charge in [0, 0.05) is 30.1 Å². The van der Waals surface area contributed by atoms with Gasteiger partial charge in [-0.05, 0) is 67.8 Å². The molecule has 2 aliphatic rings. The maximum absolute atomic E-state index is 14.8. The highest BCUT2D eigenvalue weighted by Crippen LogP contribution is 2.49. The molecular formula is C33H31ClFN3O4. The molecule has 0 aliphatic carbocycles. The summed E-state index contributed by atoms with van der Waals surface area (Å²) >= 11 is 5.96. The highest BCUT2D eigenvalue weighted by atomic mass is 35.5. The molecule has 1 aromatic heterocycles. The van der Waals surface area contributed by atoms with Gasteiger partial charge in [0.15, 0.2) is 11.5 Å². The van der Waals surface area contributed by atoms with Crippen molar-refractivity contribution in [1.82, 2.24) is 14.5 Å². The van der Waals surface area contributed by atoms with Crippen LogP contribution in [0.3, 0.4) is 0 Å². The molecule has 0 saturated carbocycles. The van der Waals surface area contributed by atoms with Crippen LogP contribution in [0.5, 0.6) is 11.5 Å². The van der Waals surface area contributed by atoms with Gasteiger partial charge >= 0.3 is 5.97 Å². The van der Waals surface area contributed by atoms with Gasteiger partial charge in [0.1, 0.15) is 11.6 Å². The van der Waals surface area contributed by atoms with Crippen molar-refractivity contribution in [3.05, 3.63) is 118 Å². The normalized spacial score (nSPS) is 19.0. The second-order valence-electron chi connectivity index (χ2n) is 10.8. The maximum Gasteiger partial charge on any atom is 0.328 e. The van der Waals surface area contributed by atoms with E-state index in [0.717, 1.165) is 54.7 Å². The maximum atomic E-state index is 14.8. The van der Waals surface area contributed by atoms with Gasteiger partial charge in [0.2, 0.25) is 0 Å². The molecule has 1 unspecified atom stereocenters. The number of halogens is 2. The SMILES string of the molecule is CC1(c2ccc(Cl)cc2F)Oc2cccc(C3CCN(Cc4ncc(/C=C/C(=O)O)n4Cc4ccccc4)CC3)c2O1. The van der Waals surface area contributed by atoms with E-state index in [1.165, 1.54) is 6.07 Å². The Labute approximate surface area is 248 Å². The minimum absolute atomic E-state index is 0.260. The monoisotopic (exact) mass is 587 g/mol. The summed E-state index contributed by atoms with van der Waals surface area (Å²) in [5.41, 5.74) is 3.23. The zero-order chi connectivity index (χ0) is 29.3. The van der Waals surface area contributed by atoms with Crippen molar-refractivity contribution < 1.29 is 23.8 Å². The Morgan fingerprint density at radius 2 is 1.88 bits per heavy atom. The number of aromatic nitrogens is 2. The number of piperidine rings is 1. The lowest BCUT2D eigenvalue weighted by Crippen LogP contribution is -2.34. The molecule has 1 atom stereocenters. The van der Waals surface area contributed by atoms with E-state index in [9.17, 15) is 9.18 Å². The third-order valence-corrected chi connectivity index (χ3v) is 8.21. The number of fused-ring (bicyclic) bond motifs is 1. The lowest BCUT2D eigenvalue weighted by atomic mass is 9.88. The predicted octanol–water partition coefficient (Wildman–Crippen LogP) is 6.85. The molecule has 0 bridgehead atoms. The van der Waals surface area contributed by atoms with E-state index in [2.05, 4.69) is 32.7 Å². The number of carbonyl (C=O) groups is 1.